The van der Waals surface area contributed by atoms with E-state index >= 15 is 0 Å². The van der Waals surface area contributed by atoms with Crippen LogP contribution in [-0.4, -0.2) is 25.2 Å². The number of nitrogens with zero attached hydrogens (tertiary/aromatic N) is 1. The van der Waals surface area contributed by atoms with E-state index in [4.69, 9.17) is 4.74 Å². The number of ether oxygens (including phenoxy) is 2. The first kappa shape index (κ1) is 16.0. The van der Waals surface area contributed by atoms with Crippen LogP contribution in [0.15, 0.2) is 59.6 Å². The molecule has 2 aromatic rings. The van der Waals surface area contributed by atoms with Crippen molar-refractivity contribution in [3.8, 4) is 0 Å². The molecule has 0 aliphatic carbocycles. The van der Waals surface area contributed by atoms with E-state index in [1.807, 2.05) is 0 Å². The number of benzene rings is 2. The lowest BCUT2D eigenvalue weighted by Gasteiger charge is -2.39. The van der Waals surface area contributed by atoms with Gasteiger partial charge in [-0.2, -0.15) is 13.2 Å². The monoisotopic (exact) mass is 335 g/mol. The SMILES string of the molecule is COC(=O)C1=Nc2ccccc2C(c2ccccc2)(C(F)(F)F)O1. The Balaban J connectivity index is 2.33. The lowest BCUT2D eigenvalue weighted by Crippen LogP contribution is -2.50. The Morgan fingerprint density at radius 1 is 1.08 bits per heavy atom. The Hall–Kier alpha value is -2.83. The molecule has 0 saturated heterocycles. The van der Waals surface area contributed by atoms with Crippen molar-refractivity contribution < 1.29 is 27.4 Å². The van der Waals surface area contributed by atoms with Crippen LogP contribution in [0.3, 0.4) is 0 Å². The van der Waals surface area contributed by atoms with Crippen LogP contribution in [-0.2, 0) is 19.9 Å². The fourth-order valence-electron chi connectivity index (χ4n) is 2.64. The summed E-state index contributed by atoms with van der Waals surface area (Å²) in [6.07, 6.45) is -4.83. The van der Waals surface area contributed by atoms with Gasteiger partial charge < -0.3 is 9.47 Å². The van der Waals surface area contributed by atoms with Gasteiger partial charge in [-0.3, -0.25) is 0 Å². The molecule has 7 heteroatoms. The molecule has 0 radical (unpaired) electrons. The van der Waals surface area contributed by atoms with Crippen LogP contribution in [0.4, 0.5) is 18.9 Å². The van der Waals surface area contributed by atoms with Gasteiger partial charge in [0.15, 0.2) is 0 Å². The first-order chi connectivity index (χ1) is 11.4. The number of aliphatic imine (C=N–C) groups is 1. The summed E-state index contributed by atoms with van der Waals surface area (Å²) < 4.78 is 52.1. The number of carbonyl (C=O) groups excluding carboxylic acids is 1. The zero-order chi connectivity index (χ0) is 17.4. The molecule has 1 aliphatic rings. The highest BCUT2D eigenvalue weighted by atomic mass is 19.4. The number of hydrogen-bond acceptors (Lipinski definition) is 4. The second-order valence-electron chi connectivity index (χ2n) is 5.07. The Kier molecular flexibility index (Phi) is 3.79. The van der Waals surface area contributed by atoms with E-state index in [2.05, 4.69) is 9.73 Å². The predicted molar refractivity (Wildman–Crippen MR) is 79.9 cm³/mol. The van der Waals surface area contributed by atoms with Crippen molar-refractivity contribution in [1.29, 1.82) is 0 Å². The van der Waals surface area contributed by atoms with Crippen molar-refractivity contribution in [2.75, 3.05) is 7.11 Å². The summed E-state index contributed by atoms with van der Waals surface area (Å²) in [5.41, 5.74) is -3.17. The molecule has 2 aromatic carbocycles. The van der Waals surface area contributed by atoms with Crippen molar-refractivity contribution >= 4 is 17.6 Å². The van der Waals surface area contributed by atoms with Crippen molar-refractivity contribution in [3.63, 3.8) is 0 Å². The number of esters is 1. The smallest absolute Gasteiger partial charge is 0.437 e. The largest absolute Gasteiger partial charge is 0.462 e. The number of methoxy groups -OCH3 is 1. The molecule has 4 nitrogen and oxygen atoms in total. The van der Waals surface area contributed by atoms with Crippen LogP contribution < -0.4 is 0 Å². The fourth-order valence-corrected chi connectivity index (χ4v) is 2.64. The van der Waals surface area contributed by atoms with Crippen LogP contribution in [0.5, 0.6) is 0 Å². The fraction of sp³-hybridized carbons (Fsp3) is 0.176. The maximum Gasteiger partial charge on any atom is 0.437 e. The molecule has 1 heterocycles. The summed E-state index contributed by atoms with van der Waals surface area (Å²) in [4.78, 5) is 15.6. The molecule has 24 heavy (non-hydrogen) atoms. The average molecular weight is 335 g/mol. The van der Waals surface area contributed by atoms with E-state index in [1.165, 1.54) is 48.5 Å². The molecule has 1 unspecified atom stereocenters. The molecule has 0 N–H and O–H groups in total. The van der Waals surface area contributed by atoms with Gasteiger partial charge in [0.05, 0.1) is 12.8 Å². The molecule has 124 valence electrons. The number of hydrogen-bond donors (Lipinski definition) is 0. The molecule has 0 amide bonds. The highest BCUT2D eigenvalue weighted by Crippen LogP contribution is 2.52. The zero-order valence-corrected chi connectivity index (χ0v) is 12.5. The number of alkyl halides is 3. The lowest BCUT2D eigenvalue weighted by molar-refractivity contribution is -0.243. The summed E-state index contributed by atoms with van der Waals surface area (Å²) in [7, 11) is 1.05. The van der Waals surface area contributed by atoms with Crippen LogP contribution >= 0.6 is 0 Å². The summed E-state index contributed by atoms with van der Waals surface area (Å²) in [6, 6.07) is 12.8. The Morgan fingerprint density at radius 2 is 1.71 bits per heavy atom. The van der Waals surface area contributed by atoms with E-state index in [-0.39, 0.29) is 16.8 Å². The van der Waals surface area contributed by atoms with E-state index in [1.54, 1.807) is 6.07 Å². The van der Waals surface area contributed by atoms with Gasteiger partial charge >= 0.3 is 18.0 Å². The highest BCUT2D eigenvalue weighted by molar-refractivity contribution is 6.33. The van der Waals surface area contributed by atoms with E-state index in [9.17, 15) is 18.0 Å². The number of carbonyl (C=O) groups is 1. The minimum absolute atomic E-state index is 0.00493. The summed E-state index contributed by atoms with van der Waals surface area (Å²) >= 11 is 0. The normalized spacial score (nSPS) is 19.8. The summed E-state index contributed by atoms with van der Waals surface area (Å²) in [5.74, 6) is -1.81. The first-order valence-electron chi connectivity index (χ1n) is 6.98. The van der Waals surface area contributed by atoms with Gasteiger partial charge in [0.1, 0.15) is 0 Å². The maximum atomic E-state index is 14.2. The van der Waals surface area contributed by atoms with Gasteiger partial charge in [-0.25, -0.2) is 9.79 Å². The molecule has 1 atom stereocenters. The van der Waals surface area contributed by atoms with E-state index in [0.717, 1.165) is 7.11 Å². The molecular weight excluding hydrogens is 323 g/mol. The van der Waals surface area contributed by atoms with Crippen molar-refractivity contribution in [2.24, 2.45) is 4.99 Å². The number of rotatable bonds is 2. The third-order valence-corrected chi connectivity index (χ3v) is 3.69. The highest BCUT2D eigenvalue weighted by Gasteiger charge is 2.63. The molecule has 0 aromatic heterocycles. The van der Waals surface area contributed by atoms with Crippen LogP contribution in [0, 0.1) is 0 Å². The molecule has 3 rings (SSSR count). The van der Waals surface area contributed by atoms with Gasteiger partial charge in [-0.05, 0) is 6.07 Å². The topological polar surface area (TPSA) is 47.9 Å². The molecule has 0 saturated carbocycles. The van der Waals surface area contributed by atoms with Gasteiger partial charge in [-0.15, -0.1) is 0 Å². The quantitative estimate of drug-likeness (QED) is 0.786. The number of halogens is 3. The summed E-state index contributed by atoms with van der Waals surface area (Å²) in [5, 5.41) is 0. The third kappa shape index (κ3) is 2.33. The Bertz CT molecular complexity index is 802. The molecule has 0 bridgehead atoms. The second-order valence-corrected chi connectivity index (χ2v) is 5.07. The maximum absolute atomic E-state index is 14.2. The number of para-hydroxylation sites is 1. The van der Waals surface area contributed by atoms with Gasteiger partial charge in [0, 0.05) is 11.1 Å². The van der Waals surface area contributed by atoms with Crippen LogP contribution in [0.1, 0.15) is 11.1 Å². The van der Waals surface area contributed by atoms with Crippen molar-refractivity contribution in [3.05, 3.63) is 65.7 Å². The van der Waals surface area contributed by atoms with Gasteiger partial charge in [-0.1, -0.05) is 48.5 Å². The molecule has 1 aliphatic heterocycles. The minimum atomic E-state index is -4.83. The van der Waals surface area contributed by atoms with E-state index < -0.39 is 23.6 Å². The Labute approximate surface area is 135 Å². The summed E-state index contributed by atoms with van der Waals surface area (Å²) in [6.45, 7) is 0. The van der Waals surface area contributed by atoms with Crippen LogP contribution in [0.25, 0.3) is 0 Å². The molecular formula is C17H12F3NO3. The van der Waals surface area contributed by atoms with Gasteiger partial charge in [0.2, 0.25) is 0 Å². The minimum Gasteiger partial charge on any atom is -0.462 e. The first-order valence-corrected chi connectivity index (χ1v) is 6.98. The third-order valence-electron chi connectivity index (χ3n) is 3.69. The number of fused-ring (bicyclic) bond motifs is 1. The van der Waals surface area contributed by atoms with Crippen LogP contribution in [0.2, 0.25) is 0 Å². The second kappa shape index (κ2) is 5.67. The average Bonchev–Trinajstić information content (AvgIpc) is 2.59. The molecule has 0 spiro atoms. The molecule has 0 fully saturated rings. The standard InChI is InChI=1S/C17H12F3NO3/c1-23-15(22)14-21-13-10-6-5-9-12(13)16(24-14,17(18,19)20)11-7-3-2-4-8-11/h2-10H,1H3. The van der Waals surface area contributed by atoms with Crippen molar-refractivity contribution in [1.82, 2.24) is 0 Å². The zero-order valence-electron chi connectivity index (χ0n) is 12.5. The Morgan fingerprint density at radius 3 is 2.33 bits per heavy atom. The predicted octanol–water partition coefficient (Wildman–Crippen LogP) is 3.73. The van der Waals surface area contributed by atoms with Gasteiger partial charge in [0.25, 0.3) is 5.60 Å². The van der Waals surface area contributed by atoms with Crippen molar-refractivity contribution in [2.45, 2.75) is 11.8 Å². The lowest BCUT2D eigenvalue weighted by atomic mass is 9.83. The van der Waals surface area contributed by atoms with E-state index in [0.29, 0.717) is 0 Å².